The molecule has 3 amide bonds. The zero-order valence-corrected chi connectivity index (χ0v) is 9.79. The zero-order valence-electron chi connectivity index (χ0n) is 9.79. The van der Waals surface area contributed by atoms with E-state index in [2.05, 4.69) is 17.2 Å². The minimum absolute atomic E-state index is 0.152. The summed E-state index contributed by atoms with van der Waals surface area (Å²) in [6, 6.07) is -1.33. The Labute approximate surface area is 99.6 Å². The summed E-state index contributed by atoms with van der Waals surface area (Å²) < 4.78 is 0. The molecule has 94 valence electrons. The van der Waals surface area contributed by atoms with Crippen LogP contribution in [-0.2, 0) is 14.4 Å². The van der Waals surface area contributed by atoms with Crippen molar-refractivity contribution in [2.45, 2.75) is 38.3 Å². The average molecular weight is 239 g/mol. The molecule has 0 aliphatic carbocycles. The standard InChI is InChI=1S/C11H17N3O3/c1-6(2)5-8(10(12)16)14-11(17)7-3-4-9(15)13-7/h7-8H,1,3-5H2,2H3,(H2,12,16)(H,13,15)(H,14,17)/t7-,8+/m0/s1. The first-order chi connectivity index (χ1) is 7.90. The van der Waals surface area contributed by atoms with Gasteiger partial charge in [0.25, 0.3) is 0 Å². The van der Waals surface area contributed by atoms with Crippen molar-refractivity contribution < 1.29 is 14.4 Å². The summed E-state index contributed by atoms with van der Waals surface area (Å²) in [5.41, 5.74) is 5.93. The largest absolute Gasteiger partial charge is 0.368 e. The lowest BCUT2D eigenvalue weighted by atomic mass is 10.1. The van der Waals surface area contributed by atoms with Crippen LogP contribution in [-0.4, -0.2) is 29.8 Å². The quantitative estimate of drug-likeness (QED) is 0.547. The molecule has 0 bridgehead atoms. The van der Waals surface area contributed by atoms with Crippen LogP contribution in [0.3, 0.4) is 0 Å². The van der Waals surface area contributed by atoms with E-state index in [4.69, 9.17) is 5.73 Å². The predicted molar refractivity (Wildman–Crippen MR) is 61.7 cm³/mol. The first-order valence-electron chi connectivity index (χ1n) is 5.43. The third kappa shape index (κ3) is 3.90. The SMILES string of the molecule is C=C(C)C[C@@H](NC(=O)[C@@H]1CCC(=O)N1)C(N)=O. The lowest BCUT2D eigenvalue weighted by Crippen LogP contribution is -2.50. The van der Waals surface area contributed by atoms with Crippen LogP contribution >= 0.6 is 0 Å². The molecule has 0 unspecified atom stereocenters. The van der Waals surface area contributed by atoms with E-state index in [9.17, 15) is 14.4 Å². The van der Waals surface area contributed by atoms with Gasteiger partial charge in [0.05, 0.1) is 0 Å². The lowest BCUT2D eigenvalue weighted by Gasteiger charge is -2.18. The van der Waals surface area contributed by atoms with Crippen LogP contribution in [0.5, 0.6) is 0 Å². The number of carbonyl (C=O) groups is 3. The monoisotopic (exact) mass is 239 g/mol. The molecule has 4 N–H and O–H groups in total. The first-order valence-corrected chi connectivity index (χ1v) is 5.43. The number of nitrogens with one attached hydrogen (secondary N) is 2. The number of hydrogen-bond acceptors (Lipinski definition) is 3. The first kappa shape index (κ1) is 13.2. The highest BCUT2D eigenvalue weighted by atomic mass is 16.2. The minimum Gasteiger partial charge on any atom is -0.368 e. The fraction of sp³-hybridized carbons (Fsp3) is 0.545. The molecule has 6 heteroatoms. The van der Waals surface area contributed by atoms with Crippen LogP contribution in [0.1, 0.15) is 26.2 Å². The second-order valence-electron chi connectivity index (χ2n) is 4.28. The summed E-state index contributed by atoms with van der Waals surface area (Å²) in [5.74, 6) is -1.13. The Morgan fingerprint density at radius 2 is 2.29 bits per heavy atom. The Kier molecular flexibility index (Phi) is 4.25. The summed E-state index contributed by atoms with van der Waals surface area (Å²) in [5, 5.41) is 5.05. The van der Waals surface area contributed by atoms with Crippen molar-refractivity contribution in [3.63, 3.8) is 0 Å². The van der Waals surface area contributed by atoms with Gasteiger partial charge in [-0.25, -0.2) is 0 Å². The van der Waals surface area contributed by atoms with Crippen molar-refractivity contribution >= 4 is 17.7 Å². The number of rotatable bonds is 5. The van der Waals surface area contributed by atoms with Gasteiger partial charge in [0.1, 0.15) is 12.1 Å². The summed E-state index contributed by atoms with van der Waals surface area (Å²) in [7, 11) is 0. The highest BCUT2D eigenvalue weighted by Gasteiger charge is 2.29. The molecule has 17 heavy (non-hydrogen) atoms. The second-order valence-corrected chi connectivity index (χ2v) is 4.28. The molecule has 1 saturated heterocycles. The van der Waals surface area contributed by atoms with E-state index in [-0.39, 0.29) is 11.8 Å². The molecule has 0 aromatic rings. The van der Waals surface area contributed by atoms with Gasteiger partial charge in [0.2, 0.25) is 17.7 Å². The van der Waals surface area contributed by atoms with E-state index in [0.717, 1.165) is 5.57 Å². The Morgan fingerprint density at radius 1 is 1.65 bits per heavy atom. The van der Waals surface area contributed by atoms with Gasteiger partial charge in [-0.15, -0.1) is 6.58 Å². The van der Waals surface area contributed by atoms with Crippen LogP contribution in [0.4, 0.5) is 0 Å². The number of amides is 3. The van der Waals surface area contributed by atoms with Gasteiger partial charge < -0.3 is 16.4 Å². The maximum atomic E-state index is 11.7. The molecule has 0 saturated carbocycles. The Bertz CT molecular complexity index is 365. The molecule has 6 nitrogen and oxygen atoms in total. The number of hydrogen-bond donors (Lipinski definition) is 3. The van der Waals surface area contributed by atoms with Crippen molar-refractivity contribution in [3.8, 4) is 0 Å². The fourth-order valence-electron chi connectivity index (χ4n) is 1.65. The Morgan fingerprint density at radius 3 is 2.71 bits per heavy atom. The molecule has 1 aliphatic rings. The van der Waals surface area contributed by atoms with Gasteiger partial charge in [-0.1, -0.05) is 5.57 Å². The smallest absolute Gasteiger partial charge is 0.243 e. The van der Waals surface area contributed by atoms with E-state index in [1.54, 1.807) is 6.92 Å². The molecular formula is C11H17N3O3. The Balaban J connectivity index is 2.55. The van der Waals surface area contributed by atoms with Crippen molar-refractivity contribution in [3.05, 3.63) is 12.2 Å². The summed E-state index contributed by atoms with van der Waals surface area (Å²) in [4.78, 5) is 33.8. The van der Waals surface area contributed by atoms with E-state index in [0.29, 0.717) is 19.3 Å². The number of primary amides is 1. The molecule has 0 radical (unpaired) electrons. The maximum absolute atomic E-state index is 11.7. The fourth-order valence-corrected chi connectivity index (χ4v) is 1.65. The highest BCUT2D eigenvalue weighted by Crippen LogP contribution is 2.08. The topological polar surface area (TPSA) is 101 Å². The predicted octanol–water partition coefficient (Wildman–Crippen LogP) is -0.799. The number of carbonyl (C=O) groups excluding carboxylic acids is 3. The van der Waals surface area contributed by atoms with E-state index < -0.39 is 18.0 Å². The lowest BCUT2D eigenvalue weighted by molar-refractivity contribution is -0.129. The average Bonchev–Trinajstić information content (AvgIpc) is 2.63. The van der Waals surface area contributed by atoms with Crippen molar-refractivity contribution in [1.29, 1.82) is 0 Å². The highest BCUT2D eigenvalue weighted by molar-refractivity contribution is 5.93. The molecule has 0 aromatic heterocycles. The second kappa shape index (κ2) is 5.47. The Hall–Kier alpha value is -1.85. The molecule has 0 spiro atoms. The molecule has 1 heterocycles. The molecule has 1 aliphatic heterocycles. The van der Waals surface area contributed by atoms with Gasteiger partial charge >= 0.3 is 0 Å². The van der Waals surface area contributed by atoms with E-state index in [1.165, 1.54) is 0 Å². The number of nitrogens with two attached hydrogens (primary N) is 1. The summed E-state index contributed by atoms with van der Waals surface area (Å²) in [6.45, 7) is 5.41. The van der Waals surface area contributed by atoms with E-state index in [1.807, 2.05) is 0 Å². The molecule has 1 rings (SSSR count). The third-order valence-electron chi connectivity index (χ3n) is 2.52. The normalized spacial score (nSPS) is 20.5. The van der Waals surface area contributed by atoms with Crippen LogP contribution in [0.2, 0.25) is 0 Å². The van der Waals surface area contributed by atoms with Gasteiger partial charge in [0, 0.05) is 6.42 Å². The molecule has 1 fully saturated rings. The molecular weight excluding hydrogens is 222 g/mol. The maximum Gasteiger partial charge on any atom is 0.243 e. The third-order valence-corrected chi connectivity index (χ3v) is 2.52. The van der Waals surface area contributed by atoms with Crippen LogP contribution in [0.25, 0.3) is 0 Å². The van der Waals surface area contributed by atoms with E-state index >= 15 is 0 Å². The summed E-state index contributed by atoms with van der Waals surface area (Å²) >= 11 is 0. The summed E-state index contributed by atoms with van der Waals surface area (Å²) in [6.07, 6.45) is 1.09. The van der Waals surface area contributed by atoms with Crippen molar-refractivity contribution in [2.75, 3.05) is 0 Å². The molecule has 2 atom stereocenters. The van der Waals surface area contributed by atoms with Gasteiger partial charge in [-0.2, -0.15) is 0 Å². The van der Waals surface area contributed by atoms with Crippen LogP contribution in [0.15, 0.2) is 12.2 Å². The van der Waals surface area contributed by atoms with Gasteiger partial charge in [-0.3, -0.25) is 14.4 Å². The van der Waals surface area contributed by atoms with Crippen LogP contribution in [0, 0.1) is 0 Å². The van der Waals surface area contributed by atoms with Crippen molar-refractivity contribution in [2.24, 2.45) is 5.73 Å². The van der Waals surface area contributed by atoms with Crippen LogP contribution < -0.4 is 16.4 Å². The van der Waals surface area contributed by atoms with Gasteiger partial charge in [-0.05, 0) is 19.8 Å². The minimum atomic E-state index is -0.766. The van der Waals surface area contributed by atoms with Crippen molar-refractivity contribution in [1.82, 2.24) is 10.6 Å². The zero-order chi connectivity index (χ0) is 13.0. The molecule has 0 aromatic carbocycles. The van der Waals surface area contributed by atoms with Gasteiger partial charge in [0.15, 0.2) is 0 Å².